The molecule has 23 heavy (non-hydrogen) atoms. The number of carbonyl (C=O) groups excluding carboxylic acids is 1. The lowest BCUT2D eigenvalue weighted by Crippen LogP contribution is -2.36. The molecule has 0 saturated heterocycles. The van der Waals surface area contributed by atoms with E-state index in [1.54, 1.807) is 6.08 Å². The molecule has 1 aromatic rings. The van der Waals surface area contributed by atoms with E-state index in [4.69, 9.17) is 4.74 Å². The van der Waals surface area contributed by atoms with Crippen LogP contribution in [0.4, 0.5) is 0 Å². The summed E-state index contributed by atoms with van der Waals surface area (Å²) in [7, 11) is 0. The molecule has 126 valence electrons. The second kappa shape index (κ2) is 10.0. The fourth-order valence-corrected chi connectivity index (χ4v) is 1.92. The Morgan fingerprint density at radius 1 is 1.17 bits per heavy atom. The Morgan fingerprint density at radius 3 is 2.48 bits per heavy atom. The number of benzene rings is 1. The Labute approximate surface area is 140 Å². The van der Waals surface area contributed by atoms with Crippen molar-refractivity contribution in [2.45, 2.75) is 46.1 Å². The summed E-state index contributed by atoms with van der Waals surface area (Å²) in [5.41, 5.74) is 2.54. The third-order valence-electron chi connectivity index (χ3n) is 3.24. The zero-order valence-electron chi connectivity index (χ0n) is 14.8. The van der Waals surface area contributed by atoms with Gasteiger partial charge in [0.25, 0.3) is 0 Å². The van der Waals surface area contributed by atoms with E-state index >= 15 is 0 Å². The highest BCUT2D eigenvalue weighted by Crippen LogP contribution is 2.06. The van der Waals surface area contributed by atoms with Crippen LogP contribution in [-0.2, 0) is 16.0 Å². The molecule has 0 fully saturated rings. The largest absolute Gasteiger partial charge is 0.462 e. The number of nitrogens with one attached hydrogen (secondary N) is 1. The van der Waals surface area contributed by atoms with Crippen LogP contribution in [-0.4, -0.2) is 24.7 Å². The van der Waals surface area contributed by atoms with Gasteiger partial charge in [0.05, 0.1) is 6.61 Å². The number of carbonyl (C=O) groups is 1. The quantitative estimate of drug-likeness (QED) is 0.339. The maximum Gasteiger partial charge on any atom is 0.330 e. The van der Waals surface area contributed by atoms with Crippen molar-refractivity contribution in [2.75, 3.05) is 13.2 Å². The first-order chi connectivity index (χ1) is 10.9. The summed E-state index contributed by atoms with van der Waals surface area (Å²) in [4.78, 5) is 11.5. The van der Waals surface area contributed by atoms with E-state index in [-0.39, 0.29) is 11.5 Å². The van der Waals surface area contributed by atoms with Gasteiger partial charge in [-0.3, -0.25) is 0 Å². The SMILES string of the molecule is CCc1ccc(/C=C/C=C/C(=O)OCCCNC(C)(C)C)cc1. The second-order valence-corrected chi connectivity index (χ2v) is 6.51. The Kier molecular flexibility index (Phi) is 8.35. The molecule has 0 spiro atoms. The third kappa shape index (κ3) is 9.69. The van der Waals surface area contributed by atoms with Gasteiger partial charge in [-0.25, -0.2) is 4.79 Å². The number of ether oxygens (including phenoxy) is 1. The molecule has 0 unspecified atom stereocenters. The molecule has 0 aromatic heterocycles. The third-order valence-corrected chi connectivity index (χ3v) is 3.24. The minimum atomic E-state index is -0.299. The zero-order chi connectivity index (χ0) is 17.1. The van der Waals surface area contributed by atoms with Crippen LogP contribution >= 0.6 is 0 Å². The summed E-state index contributed by atoms with van der Waals surface area (Å²) in [6.07, 6.45) is 8.84. The van der Waals surface area contributed by atoms with Crippen LogP contribution < -0.4 is 5.32 Å². The monoisotopic (exact) mass is 315 g/mol. The van der Waals surface area contributed by atoms with Crippen molar-refractivity contribution in [3.8, 4) is 0 Å². The Bertz CT molecular complexity index is 522. The summed E-state index contributed by atoms with van der Waals surface area (Å²) in [5.74, 6) is -0.299. The number of hydrogen-bond donors (Lipinski definition) is 1. The van der Waals surface area contributed by atoms with Crippen LogP contribution in [0.1, 0.15) is 45.2 Å². The van der Waals surface area contributed by atoms with Gasteiger partial charge in [0.15, 0.2) is 0 Å². The molecule has 0 bridgehead atoms. The van der Waals surface area contributed by atoms with E-state index in [0.29, 0.717) is 6.61 Å². The number of esters is 1. The molecule has 1 aromatic carbocycles. The fourth-order valence-electron chi connectivity index (χ4n) is 1.92. The van der Waals surface area contributed by atoms with Crippen molar-refractivity contribution in [1.82, 2.24) is 5.32 Å². The molecule has 0 aliphatic heterocycles. The molecule has 0 aliphatic rings. The van der Waals surface area contributed by atoms with Gasteiger partial charge < -0.3 is 10.1 Å². The van der Waals surface area contributed by atoms with Gasteiger partial charge in [-0.05, 0) is 51.3 Å². The molecule has 0 radical (unpaired) electrons. The first kappa shape index (κ1) is 19.2. The van der Waals surface area contributed by atoms with Crippen LogP contribution in [0, 0.1) is 0 Å². The minimum absolute atomic E-state index is 0.101. The summed E-state index contributed by atoms with van der Waals surface area (Å²) in [6, 6.07) is 8.37. The number of allylic oxidation sites excluding steroid dienone is 2. The highest BCUT2D eigenvalue weighted by molar-refractivity contribution is 5.82. The molecule has 1 N–H and O–H groups in total. The standard InChI is InChI=1S/C20H29NO2/c1-5-17-11-13-18(14-12-17)9-6-7-10-19(22)23-16-8-15-21-20(2,3)4/h6-7,9-14,21H,5,8,15-16H2,1-4H3/b9-6+,10-7+. The predicted molar refractivity (Wildman–Crippen MR) is 97.3 cm³/mol. The van der Waals surface area contributed by atoms with Gasteiger partial charge in [0, 0.05) is 11.6 Å². The smallest absolute Gasteiger partial charge is 0.330 e. The van der Waals surface area contributed by atoms with Crippen molar-refractivity contribution in [3.63, 3.8) is 0 Å². The highest BCUT2D eigenvalue weighted by atomic mass is 16.5. The Balaban J connectivity index is 2.23. The van der Waals surface area contributed by atoms with E-state index in [2.05, 4.69) is 57.3 Å². The van der Waals surface area contributed by atoms with Gasteiger partial charge >= 0.3 is 5.97 Å². The Morgan fingerprint density at radius 2 is 1.87 bits per heavy atom. The maximum absolute atomic E-state index is 11.5. The fraction of sp³-hybridized carbons (Fsp3) is 0.450. The number of rotatable bonds is 8. The van der Waals surface area contributed by atoms with E-state index in [0.717, 1.165) is 24.9 Å². The van der Waals surface area contributed by atoms with E-state index in [9.17, 15) is 4.79 Å². The molecule has 0 amide bonds. The molecular formula is C20H29NO2. The molecule has 0 saturated carbocycles. The predicted octanol–water partition coefficient (Wildman–Crippen LogP) is 4.14. The molecule has 0 aliphatic carbocycles. The molecular weight excluding hydrogens is 286 g/mol. The first-order valence-electron chi connectivity index (χ1n) is 8.26. The van der Waals surface area contributed by atoms with E-state index in [1.165, 1.54) is 11.6 Å². The average molecular weight is 315 g/mol. The lowest BCUT2D eigenvalue weighted by atomic mass is 10.1. The molecule has 1 rings (SSSR count). The lowest BCUT2D eigenvalue weighted by Gasteiger charge is -2.20. The van der Waals surface area contributed by atoms with Crippen molar-refractivity contribution >= 4 is 12.0 Å². The summed E-state index contributed by atoms with van der Waals surface area (Å²) < 4.78 is 5.14. The van der Waals surface area contributed by atoms with Gasteiger partial charge in [0.1, 0.15) is 0 Å². The normalized spacial score (nSPS) is 12.2. The van der Waals surface area contributed by atoms with Crippen LogP contribution in [0.15, 0.2) is 42.5 Å². The summed E-state index contributed by atoms with van der Waals surface area (Å²) in [6.45, 7) is 9.76. The molecule has 0 atom stereocenters. The van der Waals surface area contributed by atoms with Gasteiger partial charge in [0.2, 0.25) is 0 Å². The van der Waals surface area contributed by atoms with Crippen LogP contribution in [0.5, 0.6) is 0 Å². The zero-order valence-corrected chi connectivity index (χ0v) is 14.8. The van der Waals surface area contributed by atoms with Crippen molar-refractivity contribution in [3.05, 3.63) is 53.6 Å². The minimum Gasteiger partial charge on any atom is -0.462 e. The van der Waals surface area contributed by atoms with Gasteiger partial charge in [-0.2, -0.15) is 0 Å². The molecule has 0 heterocycles. The van der Waals surface area contributed by atoms with E-state index in [1.807, 2.05) is 12.2 Å². The number of aryl methyl sites for hydroxylation is 1. The maximum atomic E-state index is 11.5. The van der Waals surface area contributed by atoms with Gasteiger partial charge in [-0.1, -0.05) is 49.4 Å². The molecule has 3 heteroatoms. The van der Waals surface area contributed by atoms with Gasteiger partial charge in [-0.15, -0.1) is 0 Å². The Hall–Kier alpha value is -1.87. The topological polar surface area (TPSA) is 38.3 Å². The van der Waals surface area contributed by atoms with Crippen LogP contribution in [0.2, 0.25) is 0 Å². The lowest BCUT2D eigenvalue weighted by molar-refractivity contribution is -0.137. The first-order valence-corrected chi connectivity index (χ1v) is 8.26. The average Bonchev–Trinajstić information content (AvgIpc) is 2.50. The van der Waals surface area contributed by atoms with Crippen molar-refractivity contribution in [1.29, 1.82) is 0 Å². The van der Waals surface area contributed by atoms with Crippen molar-refractivity contribution < 1.29 is 9.53 Å². The second-order valence-electron chi connectivity index (χ2n) is 6.51. The summed E-state index contributed by atoms with van der Waals surface area (Å²) >= 11 is 0. The van der Waals surface area contributed by atoms with Crippen LogP contribution in [0.25, 0.3) is 6.08 Å². The molecule has 3 nitrogen and oxygen atoms in total. The summed E-state index contributed by atoms with van der Waals surface area (Å²) in [5, 5.41) is 3.35. The van der Waals surface area contributed by atoms with Crippen molar-refractivity contribution in [2.24, 2.45) is 0 Å². The van der Waals surface area contributed by atoms with Crippen LogP contribution in [0.3, 0.4) is 0 Å². The van der Waals surface area contributed by atoms with E-state index < -0.39 is 0 Å². The number of hydrogen-bond acceptors (Lipinski definition) is 3. The highest BCUT2D eigenvalue weighted by Gasteiger charge is 2.07.